The number of nitrogens with one attached hydrogen (secondary N) is 2. The van der Waals surface area contributed by atoms with Crippen molar-refractivity contribution in [3.05, 3.63) is 30.6 Å². The van der Waals surface area contributed by atoms with Crippen LogP contribution in [0.3, 0.4) is 0 Å². The molecule has 0 aliphatic carbocycles. The van der Waals surface area contributed by atoms with E-state index in [4.69, 9.17) is 0 Å². The highest BCUT2D eigenvalue weighted by molar-refractivity contribution is 5.91. The number of anilines is 1. The molecule has 4 rings (SSSR count). The molecule has 1 aromatic carbocycles. The molecule has 0 saturated carbocycles. The predicted octanol–water partition coefficient (Wildman–Crippen LogP) is 1.52. The number of tetrazole rings is 1. The fraction of sp³-hybridized carbons (Fsp3) is 0.500. The van der Waals surface area contributed by atoms with Gasteiger partial charge in [0.25, 0.3) is 0 Å². The molecule has 2 atom stereocenters. The second-order valence-electron chi connectivity index (χ2n) is 6.53. The minimum absolute atomic E-state index is 0.0881. The van der Waals surface area contributed by atoms with Crippen LogP contribution in [0, 0.1) is 5.92 Å². The molecule has 2 unspecified atom stereocenters. The van der Waals surface area contributed by atoms with E-state index in [1.54, 1.807) is 4.68 Å². The third kappa shape index (κ3) is 3.24. The minimum Gasteiger partial charge on any atom is -0.326 e. The van der Waals surface area contributed by atoms with Crippen molar-refractivity contribution in [1.82, 2.24) is 25.5 Å². The quantitative estimate of drug-likeness (QED) is 0.894. The van der Waals surface area contributed by atoms with Gasteiger partial charge in [-0.1, -0.05) is 6.07 Å². The SMILES string of the molecule is O=C(CC1CC2CCC(C1)N2)Nc1cccc(-n2cnnn2)c1. The summed E-state index contributed by atoms with van der Waals surface area (Å²) >= 11 is 0. The zero-order valence-electron chi connectivity index (χ0n) is 12.9. The lowest BCUT2D eigenvalue weighted by molar-refractivity contribution is -0.117. The Labute approximate surface area is 134 Å². The summed E-state index contributed by atoms with van der Waals surface area (Å²) in [4.78, 5) is 12.3. The highest BCUT2D eigenvalue weighted by Crippen LogP contribution is 2.32. The molecule has 2 aliphatic heterocycles. The molecule has 0 radical (unpaired) electrons. The van der Waals surface area contributed by atoms with Crippen molar-refractivity contribution < 1.29 is 4.79 Å². The second kappa shape index (κ2) is 6.08. The normalized spacial score (nSPS) is 26.2. The van der Waals surface area contributed by atoms with Gasteiger partial charge in [0, 0.05) is 24.2 Å². The van der Waals surface area contributed by atoms with E-state index in [9.17, 15) is 4.79 Å². The van der Waals surface area contributed by atoms with Crippen LogP contribution in [0.1, 0.15) is 32.1 Å². The van der Waals surface area contributed by atoms with E-state index < -0.39 is 0 Å². The Balaban J connectivity index is 1.38. The largest absolute Gasteiger partial charge is 0.326 e. The Morgan fingerprint density at radius 2 is 2.13 bits per heavy atom. The number of carbonyl (C=O) groups excluding carboxylic acids is 1. The summed E-state index contributed by atoms with van der Waals surface area (Å²) in [6.45, 7) is 0. The maximum atomic E-state index is 12.3. The third-order valence-corrected chi connectivity index (χ3v) is 4.79. The summed E-state index contributed by atoms with van der Waals surface area (Å²) in [7, 11) is 0. The summed E-state index contributed by atoms with van der Waals surface area (Å²) in [5, 5.41) is 17.7. The molecule has 2 bridgehead atoms. The van der Waals surface area contributed by atoms with Crippen LogP contribution in [0.2, 0.25) is 0 Å². The molecule has 7 heteroatoms. The van der Waals surface area contributed by atoms with Crippen LogP contribution in [-0.4, -0.2) is 38.2 Å². The maximum absolute atomic E-state index is 12.3. The Morgan fingerprint density at radius 3 is 2.87 bits per heavy atom. The number of benzene rings is 1. The van der Waals surface area contributed by atoms with Crippen molar-refractivity contribution in [3.8, 4) is 5.69 Å². The van der Waals surface area contributed by atoms with Gasteiger partial charge in [-0.2, -0.15) is 0 Å². The molecule has 1 aromatic heterocycles. The van der Waals surface area contributed by atoms with E-state index in [2.05, 4.69) is 26.2 Å². The van der Waals surface area contributed by atoms with Gasteiger partial charge in [-0.3, -0.25) is 4.79 Å². The summed E-state index contributed by atoms with van der Waals surface area (Å²) in [6.07, 6.45) is 6.90. The predicted molar refractivity (Wildman–Crippen MR) is 85.1 cm³/mol. The van der Waals surface area contributed by atoms with Crippen LogP contribution >= 0.6 is 0 Å². The molecule has 3 heterocycles. The zero-order valence-corrected chi connectivity index (χ0v) is 12.9. The third-order valence-electron chi connectivity index (χ3n) is 4.79. The average Bonchev–Trinajstić information content (AvgIpc) is 3.17. The van der Waals surface area contributed by atoms with Gasteiger partial charge in [-0.15, -0.1) is 5.10 Å². The van der Waals surface area contributed by atoms with Crippen LogP contribution in [-0.2, 0) is 4.79 Å². The van der Waals surface area contributed by atoms with Gasteiger partial charge in [0.1, 0.15) is 6.33 Å². The smallest absolute Gasteiger partial charge is 0.224 e. The first kappa shape index (κ1) is 14.3. The first-order chi connectivity index (χ1) is 11.3. The van der Waals surface area contributed by atoms with E-state index in [1.807, 2.05) is 24.3 Å². The molecular formula is C16H20N6O. The molecule has 2 fully saturated rings. The maximum Gasteiger partial charge on any atom is 0.224 e. The molecule has 2 aliphatic rings. The molecular weight excluding hydrogens is 292 g/mol. The van der Waals surface area contributed by atoms with Gasteiger partial charge in [-0.05, 0) is 60.2 Å². The molecule has 7 nitrogen and oxygen atoms in total. The van der Waals surface area contributed by atoms with E-state index in [0.717, 1.165) is 24.2 Å². The highest BCUT2D eigenvalue weighted by Gasteiger charge is 2.34. The van der Waals surface area contributed by atoms with Crippen molar-refractivity contribution >= 4 is 11.6 Å². The number of piperidine rings is 1. The van der Waals surface area contributed by atoms with Gasteiger partial charge in [-0.25, -0.2) is 4.68 Å². The van der Waals surface area contributed by atoms with Crippen LogP contribution in [0.25, 0.3) is 5.69 Å². The fourth-order valence-electron chi connectivity index (χ4n) is 3.82. The summed E-state index contributed by atoms with van der Waals surface area (Å²) < 4.78 is 1.57. The van der Waals surface area contributed by atoms with E-state index >= 15 is 0 Å². The number of rotatable bonds is 4. The fourth-order valence-corrected chi connectivity index (χ4v) is 3.82. The first-order valence-corrected chi connectivity index (χ1v) is 8.15. The zero-order chi connectivity index (χ0) is 15.6. The van der Waals surface area contributed by atoms with E-state index in [0.29, 0.717) is 24.4 Å². The Bertz CT molecular complexity index is 674. The molecule has 1 amide bonds. The summed E-state index contributed by atoms with van der Waals surface area (Å²) in [5.41, 5.74) is 1.60. The lowest BCUT2D eigenvalue weighted by atomic mass is 9.89. The van der Waals surface area contributed by atoms with Gasteiger partial charge < -0.3 is 10.6 Å². The molecule has 120 valence electrons. The number of hydrogen-bond donors (Lipinski definition) is 2. The monoisotopic (exact) mass is 312 g/mol. The lowest BCUT2D eigenvalue weighted by Gasteiger charge is -2.28. The Hall–Kier alpha value is -2.28. The molecule has 2 saturated heterocycles. The standard InChI is InChI=1S/C16H20N6O/c23-16(8-11-6-13-4-5-14(7-11)18-13)19-12-2-1-3-15(9-12)22-10-17-20-21-22/h1-3,9-11,13-14,18H,4-8H2,(H,19,23). The van der Waals surface area contributed by atoms with E-state index in [1.165, 1.54) is 19.2 Å². The number of hydrogen-bond acceptors (Lipinski definition) is 5. The highest BCUT2D eigenvalue weighted by atomic mass is 16.1. The number of carbonyl (C=O) groups is 1. The average molecular weight is 312 g/mol. The number of amides is 1. The van der Waals surface area contributed by atoms with Crippen molar-refractivity contribution in [2.75, 3.05) is 5.32 Å². The first-order valence-electron chi connectivity index (χ1n) is 8.15. The molecule has 0 spiro atoms. The second-order valence-corrected chi connectivity index (χ2v) is 6.53. The van der Waals surface area contributed by atoms with Gasteiger partial charge in [0.15, 0.2) is 0 Å². The van der Waals surface area contributed by atoms with Gasteiger partial charge in [0.2, 0.25) is 5.91 Å². The topological polar surface area (TPSA) is 84.7 Å². The molecule has 2 N–H and O–H groups in total. The van der Waals surface area contributed by atoms with Crippen molar-refractivity contribution in [2.24, 2.45) is 5.92 Å². The number of aromatic nitrogens is 4. The van der Waals surface area contributed by atoms with Crippen LogP contribution in [0.5, 0.6) is 0 Å². The number of nitrogens with zero attached hydrogens (tertiary/aromatic N) is 4. The summed E-state index contributed by atoms with van der Waals surface area (Å²) in [6, 6.07) is 8.79. The van der Waals surface area contributed by atoms with Crippen LogP contribution < -0.4 is 10.6 Å². The Morgan fingerprint density at radius 1 is 1.30 bits per heavy atom. The van der Waals surface area contributed by atoms with Crippen molar-refractivity contribution in [1.29, 1.82) is 0 Å². The summed E-state index contributed by atoms with van der Waals surface area (Å²) in [5.74, 6) is 0.585. The Kier molecular flexibility index (Phi) is 3.78. The molecule has 2 aromatic rings. The van der Waals surface area contributed by atoms with Crippen LogP contribution in [0.15, 0.2) is 30.6 Å². The van der Waals surface area contributed by atoms with E-state index in [-0.39, 0.29) is 5.91 Å². The minimum atomic E-state index is 0.0881. The van der Waals surface area contributed by atoms with Crippen molar-refractivity contribution in [2.45, 2.75) is 44.2 Å². The van der Waals surface area contributed by atoms with Gasteiger partial charge >= 0.3 is 0 Å². The number of fused-ring (bicyclic) bond motifs is 2. The lowest BCUT2D eigenvalue weighted by Crippen LogP contribution is -2.39. The van der Waals surface area contributed by atoms with Gasteiger partial charge in [0.05, 0.1) is 5.69 Å². The molecule has 23 heavy (non-hydrogen) atoms. The van der Waals surface area contributed by atoms with Crippen molar-refractivity contribution in [3.63, 3.8) is 0 Å². The van der Waals surface area contributed by atoms with Crippen LogP contribution in [0.4, 0.5) is 5.69 Å².